The maximum absolute atomic E-state index is 10.7. The summed E-state index contributed by atoms with van der Waals surface area (Å²) < 4.78 is 6.00. The average molecular weight is 374 g/mol. The quantitative estimate of drug-likeness (QED) is 0.305. The van der Waals surface area contributed by atoms with Crippen LogP contribution in [0.25, 0.3) is 0 Å². The molecule has 3 atom stereocenters. The topological polar surface area (TPSA) is 61.7 Å². The summed E-state index contributed by atoms with van der Waals surface area (Å²) in [6.07, 6.45) is 15.8. The number of rotatable bonds is 9. The summed E-state index contributed by atoms with van der Waals surface area (Å²) in [5.41, 5.74) is 4.46. The SMILES string of the molecule is CCCCCCC/C=C/Cc1cc(O)c2c(c1)OCC1CCC(NO)CC21. The van der Waals surface area contributed by atoms with Crippen LogP contribution in [0.1, 0.15) is 81.8 Å². The summed E-state index contributed by atoms with van der Waals surface area (Å²) in [6, 6.07) is 4.09. The summed E-state index contributed by atoms with van der Waals surface area (Å²) in [5, 5.41) is 20.0. The van der Waals surface area contributed by atoms with Crippen LogP contribution in [0.2, 0.25) is 0 Å². The number of unbranched alkanes of at least 4 members (excludes halogenated alkanes) is 5. The summed E-state index contributed by atoms with van der Waals surface area (Å²) >= 11 is 0. The second-order valence-corrected chi connectivity index (χ2v) is 8.22. The van der Waals surface area contributed by atoms with Crippen LogP contribution in [0.4, 0.5) is 0 Å². The molecule has 1 fully saturated rings. The smallest absolute Gasteiger partial charge is 0.126 e. The van der Waals surface area contributed by atoms with E-state index < -0.39 is 0 Å². The Bertz CT molecular complexity index is 628. The van der Waals surface area contributed by atoms with Crippen molar-refractivity contribution in [2.24, 2.45) is 5.92 Å². The van der Waals surface area contributed by atoms with Gasteiger partial charge in [-0.15, -0.1) is 0 Å². The Kier molecular flexibility index (Phi) is 7.59. The Hall–Kier alpha value is -1.52. The highest BCUT2D eigenvalue weighted by Crippen LogP contribution is 2.49. The first-order valence-electron chi connectivity index (χ1n) is 10.8. The van der Waals surface area contributed by atoms with Crippen molar-refractivity contribution >= 4 is 0 Å². The van der Waals surface area contributed by atoms with E-state index in [9.17, 15) is 10.3 Å². The van der Waals surface area contributed by atoms with Crippen molar-refractivity contribution in [2.45, 2.75) is 83.1 Å². The fourth-order valence-electron chi connectivity index (χ4n) is 4.58. The number of nitrogens with one attached hydrogen (secondary N) is 1. The molecule has 3 rings (SSSR count). The number of allylic oxidation sites excluding steroid dienone is 2. The van der Waals surface area contributed by atoms with Crippen LogP contribution in [0.15, 0.2) is 24.3 Å². The fourth-order valence-corrected chi connectivity index (χ4v) is 4.58. The standard InChI is InChI=1S/C23H35NO3/c1-2-3-4-5-6-7-8-9-10-17-13-21(25)23-20-15-19(24-26)12-11-18(20)16-27-22(23)14-17/h8-9,13-14,18-20,24-26H,2-7,10-12,15-16H2,1H3/b9-8+. The zero-order valence-electron chi connectivity index (χ0n) is 16.6. The van der Waals surface area contributed by atoms with Crippen molar-refractivity contribution in [3.63, 3.8) is 0 Å². The van der Waals surface area contributed by atoms with Crippen molar-refractivity contribution in [2.75, 3.05) is 6.61 Å². The lowest BCUT2D eigenvalue weighted by Gasteiger charge is -2.40. The maximum atomic E-state index is 10.7. The van der Waals surface area contributed by atoms with Crippen LogP contribution in [0.3, 0.4) is 0 Å². The Balaban J connectivity index is 1.58. The summed E-state index contributed by atoms with van der Waals surface area (Å²) in [6.45, 7) is 2.96. The van der Waals surface area contributed by atoms with Crippen molar-refractivity contribution in [1.29, 1.82) is 0 Å². The van der Waals surface area contributed by atoms with Crippen LogP contribution in [-0.4, -0.2) is 23.0 Å². The predicted molar refractivity (Wildman–Crippen MR) is 109 cm³/mol. The summed E-state index contributed by atoms with van der Waals surface area (Å²) in [5.74, 6) is 1.88. The van der Waals surface area contributed by atoms with Gasteiger partial charge in [-0.25, -0.2) is 5.48 Å². The molecule has 4 heteroatoms. The molecule has 1 aliphatic carbocycles. The van der Waals surface area contributed by atoms with Crippen molar-refractivity contribution in [3.05, 3.63) is 35.4 Å². The molecule has 1 aromatic carbocycles. The third-order valence-electron chi connectivity index (χ3n) is 6.17. The molecule has 1 aromatic rings. The minimum Gasteiger partial charge on any atom is -0.508 e. The first-order chi connectivity index (χ1) is 13.2. The van der Waals surface area contributed by atoms with Gasteiger partial charge in [-0.3, -0.25) is 0 Å². The van der Waals surface area contributed by atoms with Crippen LogP contribution in [0, 0.1) is 5.92 Å². The molecular weight excluding hydrogens is 338 g/mol. The Labute approximate surface area is 163 Å². The van der Waals surface area contributed by atoms with Gasteiger partial charge in [-0.2, -0.15) is 0 Å². The lowest BCUT2D eigenvalue weighted by molar-refractivity contribution is 0.0690. The number of benzene rings is 1. The van der Waals surface area contributed by atoms with Gasteiger partial charge in [0.15, 0.2) is 0 Å². The highest BCUT2D eigenvalue weighted by Gasteiger charge is 2.38. The molecule has 0 saturated heterocycles. The Morgan fingerprint density at radius 3 is 2.81 bits per heavy atom. The number of hydroxylamine groups is 1. The van der Waals surface area contributed by atoms with Crippen LogP contribution < -0.4 is 10.2 Å². The minimum atomic E-state index is 0.108. The van der Waals surface area contributed by atoms with E-state index in [1.165, 1.54) is 32.1 Å². The minimum absolute atomic E-state index is 0.108. The molecule has 3 unspecified atom stereocenters. The zero-order chi connectivity index (χ0) is 19.1. The summed E-state index contributed by atoms with van der Waals surface area (Å²) in [7, 11) is 0. The molecule has 0 radical (unpaired) electrons. The van der Waals surface area contributed by atoms with Crippen LogP contribution in [0.5, 0.6) is 11.5 Å². The van der Waals surface area contributed by atoms with E-state index in [1.807, 2.05) is 6.07 Å². The fraction of sp³-hybridized carbons (Fsp3) is 0.652. The zero-order valence-corrected chi connectivity index (χ0v) is 16.6. The second kappa shape index (κ2) is 10.1. The third-order valence-corrected chi connectivity index (χ3v) is 6.17. The molecule has 0 amide bonds. The number of ether oxygens (including phenoxy) is 1. The van der Waals surface area contributed by atoms with E-state index in [0.717, 1.165) is 49.0 Å². The van der Waals surface area contributed by atoms with Gasteiger partial charge in [0, 0.05) is 17.5 Å². The van der Waals surface area contributed by atoms with Gasteiger partial charge in [-0.05, 0) is 62.1 Å². The lowest BCUT2D eigenvalue weighted by Crippen LogP contribution is -2.38. The van der Waals surface area contributed by atoms with Gasteiger partial charge in [0.1, 0.15) is 11.5 Å². The molecule has 150 valence electrons. The monoisotopic (exact) mass is 373 g/mol. The van der Waals surface area contributed by atoms with E-state index in [4.69, 9.17) is 4.74 Å². The van der Waals surface area contributed by atoms with Crippen LogP contribution >= 0.6 is 0 Å². The highest BCUT2D eigenvalue weighted by molar-refractivity contribution is 5.51. The third kappa shape index (κ3) is 5.26. The van der Waals surface area contributed by atoms with E-state index in [1.54, 1.807) is 0 Å². The maximum Gasteiger partial charge on any atom is 0.126 e. The number of hydrogen-bond acceptors (Lipinski definition) is 4. The molecule has 3 N–H and O–H groups in total. The van der Waals surface area contributed by atoms with Gasteiger partial charge in [0.2, 0.25) is 0 Å². The lowest BCUT2D eigenvalue weighted by atomic mass is 9.72. The molecule has 1 saturated carbocycles. The van der Waals surface area contributed by atoms with Gasteiger partial charge in [-0.1, -0.05) is 44.8 Å². The number of aromatic hydroxyl groups is 1. The predicted octanol–water partition coefficient (Wildman–Crippen LogP) is 5.47. The van der Waals surface area contributed by atoms with E-state index in [0.29, 0.717) is 18.3 Å². The van der Waals surface area contributed by atoms with Gasteiger partial charge < -0.3 is 15.1 Å². The largest absolute Gasteiger partial charge is 0.508 e. The Morgan fingerprint density at radius 2 is 2.00 bits per heavy atom. The highest BCUT2D eigenvalue weighted by atomic mass is 16.5. The van der Waals surface area contributed by atoms with Crippen molar-refractivity contribution in [3.8, 4) is 11.5 Å². The number of phenols is 1. The van der Waals surface area contributed by atoms with Crippen LogP contribution in [-0.2, 0) is 6.42 Å². The summed E-state index contributed by atoms with van der Waals surface area (Å²) in [4.78, 5) is 0. The molecule has 1 heterocycles. The second-order valence-electron chi connectivity index (χ2n) is 8.22. The van der Waals surface area contributed by atoms with E-state index in [-0.39, 0.29) is 12.0 Å². The molecule has 4 nitrogen and oxygen atoms in total. The Morgan fingerprint density at radius 1 is 1.15 bits per heavy atom. The molecule has 0 aromatic heterocycles. The first kappa shape index (κ1) is 20.2. The van der Waals surface area contributed by atoms with E-state index in [2.05, 4.69) is 30.6 Å². The molecule has 27 heavy (non-hydrogen) atoms. The van der Waals surface area contributed by atoms with Gasteiger partial charge in [0.05, 0.1) is 6.61 Å². The van der Waals surface area contributed by atoms with E-state index >= 15 is 0 Å². The number of phenolic OH excluding ortho intramolecular Hbond substituents is 1. The molecule has 2 aliphatic rings. The first-order valence-corrected chi connectivity index (χ1v) is 10.8. The molecule has 0 bridgehead atoms. The van der Waals surface area contributed by atoms with Crippen molar-refractivity contribution in [1.82, 2.24) is 5.48 Å². The molecule has 0 spiro atoms. The van der Waals surface area contributed by atoms with Crippen molar-refractivity contribution < 1.29 is 15.1 Å². The number of fused-ring (bicyclic) bond motifs is 3. The van der Waals surface area contributed by atoms with Gasteiger partial charge in [0.25, 0.3) is 0 Å². The van der Waals surface area contributed by atoms with Gasteiger partial charge >= 0.3 is 0 Å². The molecule has 1 aliphatic heterocycles. The molecular formula is C23H35NO3. The normalized spacial score (nSPS) is 24.4. The average Bonchev–Trinajstić information content (AvgIpc) is 2.69. The number of hydrogen-bond donors (Lipinski definition) is 3.